The van der Waals surface area contributed by atoms with E-state index in [0.29, 0.717) is 10.6 Å². The average molecular weight is 401 g/mol. The third-order valence-electron chi connectivity index (χ3n) is 3.24. The molecule has 0 aliphatic carbocycles. The first-order valence-corrected chi connectivity index (χ1v) is 8.99. The first-order chi connectivity index (χ1) is 11.8. The number of rotatable bonds is 3. The summed E-state index contributed by atoms with van der Waals surface area (Å²) in [5.74, 6) is -0.202. The molecule has 25 heavy (non-hydrogen) atoms. The van der Waals surface area contributed by atoms with Gasteiger partial charge in [-0.15, -0.1) is 0 Å². The number of amides is 2. The van der Waals surface area contributed by atoms with Crippen molar-refractivity contribution in [2.75, 3.05) is 5.32 Å². The number of fused-ring (bicyclic) bond motifs is 1. The Hall–Kier alpha value is -2.42. The van der Waals surface area contributed by atoms with Crippen molar-refractivity contribution in [1.82, 2.24) is 4.72 Å². The fourth-order valence-electron chi connectivity index (χ4n) is 2.07. The molecule has 3 N–H and O–H groups in total. The van der Waals surface area contributed by atoms with Gasteiger partial charge in [0.05, 0.1) is 20.3 Å². The highest BCUT2D eigenvalue weighted by atomic mass is 35.5. The third-order valence-corrected chi connectivity index (χ3v) is 5.31. The summed E-state index contributed by atoms with van der Waals surface area (Å²) >= 11 is 11.6. The van der Waals surface area contributed by atoms with Crippen LogP contribution >= 0.6 is 23.2 Å². The minimum Gasteiger partial charge on any atom is -0.504 e. The molecular formula is C15H10Cl2N2O5S. The summed E-state index contributed by atoms with van der Waals surface area (Å²) in [6.07, 6.45) is 1.09. The van der Waals surface area contributed by atoms with Crippen molar-refractivity contribution in [3.8, 4) is 5.75 Å². The SMILES string of the molecule is O=C(Nc1ccc(Cl)c(Cl)c1)NS(=O)(=O)c1ccc2occ(O)c2c1. The van der Waals surface area contributed by atoms with E-state index >= 15 is 0 Å². The monoisotopic (exact) mass is 400 g/mol. The highest BCUT2D eigenvalue weighted by Gasteiger charge is 2.19. The largest absolute Gasteiger partial charge is 0.504 e. The molecule has 2 aromatic carbocycles. The molecule has 0 fully saturated rings. The van der Waals surface area contributed by atoms with Crippen LogP contribution in [-0.4, -0.2) is 19.6 Å². The van der Waals surface area contributed by atoms with Crippen molar-refractivity contribution in [3.05, 3.63) is 52.7 Å². The van der Waals surface area contributed by atoms with Gasteiger partial charge < -0.3 is 14.8 Å². The van der Waals surface area contributed by atoms with Gasteiger partial charge in [0.1, 0.15) is 11.8 Å². The quantitative estimate of drug-likeness (QED) is 0.616. The predicted octanol–water partition coefficient (Wildman–Crippen LogP) is 3.96. The fourth-order valence-corrected chi connectivity index (χ4v) is 3.30. The van der Waals surface area contributed by atoms with Crippen molar-refractivity contribution in [2.45, 2.75) is 4.90 Å². The van der Waals surface area contributed by atoms with Crippen LogP contribution in [0.4, 0.5) is 10.5 Å². The molecule has 0 saturated heterocycles. The minimum absolute atomic E-state index is 0.202. The highest BCUT2D eigenvalue weighted by molar-refractivity contribution is 7.90. The van der Waals surface area contributed by atoms with Crippen LogP contribution < -0.4 is 10.0 Å². The van der Waals surface area contributed by atoms with Gasteiger partial charge in [-0.2, -0.15) is 0 Å². The molecule has 1 heterocycles. The van der Waals surface area contributed by atoms with Gasteiger partial charge in [-0.1, -0.05) is 23.2 Å². The van der Waals surface area contributed by atoms with Gasteiger partial charge in [0.2, 0.25) is 0 Å². The van der Waals surface area contributed by atoms with Crippen molar-refractivity contribution in [1.29, 1.82) is 0 Å². The molecule has 3 rings (SSSR count). The number of aromatic hydroxyl groups is 1. The van der Waals surface area contributed by atoms with Crippen molar-refractivity contribution >= 4 is 55.9 Å². The van der Waals surface area contributed by atoms with E-state index in [2.05, 4.69) is 5.32 Å². The molecule has 130 valence electrons. The highest BCUT2D eigenvalue weighted by Crippen LogP contribution is 2.29. The molecule has 0 aliphatic heterocycles. The van der Waals surface area contributed by atoms with Crippen LogP contribution in [0.3, 0.4) is 0 Å². The molecule has 3 aromatic rings. The number of urea groups is 1. The normalized spacial score (nSPS) is 11.4. The van der Waals surface area contributed by atoms with Gasteiger partial charge in [0, 0.05) is 5.69 Å². The van der Waals surface area contributed by atoms with Crippen molar-refractivity contribution in [2.24, 2.45) is 0 Å². The molecule has 0 atom stereocenters. The molecular weight excluding hydrogens is 391 g/mol. The summed E-state index contributed by atoms with van der Waals surface area (Å²) in [6.45, 7) is 0. The van der Waals surface area contributed by atoms with E-state index in [1.165, 1.54) is 36.4 Å². The van der Waals surface area contributed by atoms with Crippen LogP contribution in [0.5, 0.6) is 5.75 Å². The Morgan fingerprint density at radius 2 is 1.84 bits per heavy atom. The van der Waals surface area contributed by atoms with Gasteiger partial charge in [-0.25, -0.2) is 17.9 Å². The van der Waals surface area contributed by atoms with E-state index in [4.69, 9.17) is 27.6 Å². The van der Waals surface area contributed by atoms with E-state index in [9.17, 15) is 18.3 Å². The first-order valence-electron chi connectivity index (χ1n) is 6.75. The average Bonchev–Trinajstić information content (AvgIpc) is 2.91. The van der Waals surface area contributed by atoms with Gasteiger partial charge in [-0.05, 0) is 36.4 Å². The summed E-state index contributed by atoms with van der Waals surface area (Å²) in [5.41, 5.74) is 0.585. The summed E-state index contributed by atoms with van der Waals surface area (Å²) in [6, 6.07) is 7.16. The molecule has 0 spiro atoms. The lowest BCUT2D eigenvalue weighted by Crippen LogP contribution is -2.34. The Bertz CT molecular complexity index is 1080. The van der Waals surface area contributed by atoms with Crippen LogP contribution in [0.1, 0.15) is 0 Å². The topological polar surface area (TPSA) is 109 Å². The number of carbonyl (C=O) groups is 1. The number of benzene rings is 2. The lowest BCUT2D eigenvalue weighted by Gasteiger charge is -2.09. The van der Waals surface area contributed by atoms with Crippen LogP contribution in [0.25, 0.3) is 11.0 Å². The van der Waals surface area contributed by atoms with E-state index in [-0.39, 0.29) is 26.7 Å². The number of halogens is 2. The number of furan rings is 1. The Morgan fingerprint density at radius 3 is 2.56 bits per heavy atom. The standard InChI is InChI=1S/C15H10Cl2N2O5S/c16-11-3-1-8(5-12(11)17)18-15(21)19-25(22,23)9-2-4-14-10(6-9)13(20)7-24-14/h1-7,20H,(H2,18,19,21). The Balaban J connectivity index is 1.80. The molecule has 1 aromatic heterocycles. The lowest BCUT2D eigenvalue weighted by atomic mass is 10.2. The number of hydrogen-bond acceptors (Lipinski definition) is 5. The number of hydrogen-bond donors (Lipinski definition) is 3. The van der Waals surface area contributed by atoms with Gasteiger partial charge in [0.15, 0.2) is 5.75 Å². The Morgan fingerprint density at radius 1 is 1.08 bits per heavy atom. The van der Waals surface area contributed by atoms with Crippen LogP contribution in [-0.2, 0) is 10.0 Å². The maximum Gasteiger partial charge on any atom is 0.333 e. The molecule has 2 amide bonds. The summed E-state index contributed by atoms with van der Waals surface area (Å²) < 4.78 is 31.5. The molecule has 0 aliphatic rings. The summed E-state index contributed by atoms with van der Waals surface area (Å²) in [7, 11) is -4.16. The molecule has 7 nitrogen and oxygen atoms in total. The van der Waals surface area contributed by atoms with Crippen molar-refractivity contribution in [3.63, 3.8) is 0 Å². The molecule has 0 bridgehead atoms. The zero-order valence-corrected chi connectivity index (χ0v) is 14.6. The van der Waals surface area contributed by atoms with E-state index in [0.717, 1.165) is 6.26 Å². The zero-order valence-electron chi connectivity index (χ0n) is 12.3. The smallest absolute Gasteiger partial charge is 0.333 e. The Kier molecular flexibility index (Phi) is 4.51. The van der Waals surface area contributed by atoms with Gasteiger partial charge in [0.25, 0.3) is 10.0 Å². The van der Waals surface area contributed by atoms with E-state index < -0.39 is 16.1 Å². The second-order valence-corrected chi connectivity index (χ2v) is 7.46. The van der Waals surface area contributed by atoms with Gasteiger partial charge in [-0.3, -0.25) is 0 Å². The second-order valence-electron chi connectivity index (χ2n) is 4.97. The van der Waals surface area contributed by atoms with Crippen LogP contribution in [0, 0.1) is 0 Å². The van der Waals surface area contributed by atoms with E-state index in [1.807, 2.05) is 4.72 Å². The molecule has 0 radical (unpaired) electrons. The van der Waals surface area contributed by atoms with Gasteiger partial charge >= 0.3 is 6.03 Å². The third kappa shape index (κ3) is 3.65. The maximum absolute atomic E-state index is 12.3. The lowest BCUT2D eigenvalue weighted by molar-refractivity contribution is 0.256. The summed E-state index contributed by atoms with van der Waals surface area (Å²) in [4.78, 5) is 11.7. The van der Waals surface area contributed by atoms with Crippen LogP contribution in [0.15, 0.2) is 52.0 Å². The van der Waals surface area contributed by atoms with Crippen molar-refractivity contribution < 1.29 is 22.7 Å². The number of nitrogens with one attached hydrogen (secondary N) is 2. The minimum atomic E-state index is -4.16. The molecule has 0 unspecified atom stereocenters. The van der Waals surface area contributed by atoms with E-state index in [1.54, 1.807) is 0 Å². The molecule has 10 heteroatoms. The molecule has 0 saturated carbocycles. The number of carbonyl (C=O) groups excluding carboxylic acids is 1. The van der Waals surface area contributed by atoms with Crippen LogP contribution in [0.2, 0.25) is 10.0 Å². The zero-order chi connectivity index (χ0) is 18.2. The number of anilines is 1. The fraction of sp³-hybridized carbons (Fsp3) is 0. The predicted molar refractivity (Wildman–Crippen MR) is 93.7 cm³/mol. The summed E-state index contributed by atoms with van der Waals surface area (Å²) in [5, 5.41) is 12.7. The number of sulfonamides is 1. The first kappa shape index (κ1) is 17.4. The maximum atomic E-state index is 12.3. The Labute approximate surface area is 152 Å². The second kappa shape index (κ2) is 6.47.